The molecule has 3 aromatic rings. The predicted molar refractivity (Wildman–Crippen MR) is 226 cm³/mol. The van der Waals surface area contributed by atoms with Gasteiger partial charge in [-0.15, -0.1) is 0 Å². The Morgan fingerprint density at radius 3 is 2.38 bits per heavy atom. The number of hydrogen-bond donors (Lipinski definition) is 1. The molecule has 0 aromatic heterocycles. The van der Waals surface area contributed by atoms with E-state index in [9.17, 15) is 0 Å². The molecule has 52 heavy (non-hydrogen) atoms. The van der Waals surface area contributed by atoms with Crippen LogP contribution in [-0.4, -0.2) is 25.8 Å². The lowest BCUT2D eigenvalue weighted by molar-refractivity contribution is 1.04. The number of para-hydroxylation sites is 1. The van der Waals surface area contributed by atoms with Gasteiger partial charge in [0, 0.05) is 48.6 Å². The third-order valence-electron chi connectivity index (χ3n) is 9.89. The summed E-state index contributed by atoms with van der Waals surface area (Å²) in [5.74, 6) is 1.48. The number of nitrogens with zero attached hydrogens (tertiary/aromatic N) is 3. The second kappa shape index (κ2) is 16.4. The smallest absolute Gasteiger partial charge is 0.156 e. The quantitative estimate of drug-likeness (QED) is 0.164. The number of allylic oxidation sites excluding steroid dienone is 15. The Balaban J connectivity index is 1.36. The van der Waals surface area contributed by atoms with Crippen LogP contribution < -0.4 is 15.5 Å². The molecule has 0 radical (unpaired) electrons. The summed E-state index contributed by atoms with van der Waals surface area (Å²) in [5.41, 5.74) is 11.2. The first kappa shape index (κ1) is 35.1. The third kappa shape index (κ3) is 7.09. The fourth-order valence-electron chi connectivity index (χ4n) is 7.43. The van der Waals surface area contributed by atoms with Crippen LogP contribution in [-0.2, 0) is 0 Å². The highest BCUT2D eigenvalue weighted by atomic mass is 31.1. The van der Waals surface area contributed by atoms with Crippen LogP contribution in [0.4, 0.5) is 11.4 Å². The molecule has 260 valence electrons. The number of nitrogens with one attached hydrogen (secondary N) is 1. The SMILES string of the molecule is C/C=C1/CC2=C(CC3=C(C=CCC=C3)P2c2ccccc2)c2ccccc2N(c2ccc(C(N=C(NC)C3=CC=CCC=C3)=NC)cc2)/C1=C/CC. The van der Waals surface area contributed by atoms with E-state index in [2.05, 4.69) is 175 Å². The van der Waals surface area contributed by atoms with Gasteiger partial charge in [-0.1, -0.05) is 122 Å². The molecule has 2 heterocycles. The van der Waals surface area contributed by atoms with Gasteiger partial charge in [-0.3, -0.25) is 4.99 Å². The normalized spacial score (nSPS) is 20.6. The van der Waals surface area contributed by atoms with E-state index < -0.39 is 7.92 Å². The summed E-state index contributed by atoms with van der Waals surface area (Å²) in [5, 5.41) is 7.76. The maximum Gasteiger partial charge on any atom is 0.156 e. The third-order valence-corrected chi connectivity index (χ3v) is 12.6. The fraction of sp³-hybridized carbons (Fsp3) is 0.191. The Morgan fingerprint density at radius 1 is 0.865 bits per heavy atom. The summed E-state index contributed by atoms with van der Waals surface area (Å²) < 4.78 is 0. The van der Waals surface area contributed by atoms with Gasteiger partial charge >= 0.3 is 0 Å². The Hall–Kier alpha value is -5.31. The van der Waals surface area contributed by atoms with E-state index in [-0.39, 0.29) is 0 Å². The zero-order valence-corrected chi connectivity index (χ0v) is 31.6. The van der Waals surface area contributed by atoms with Crippen molar-refractivity contribution in [1.82, 2.24) is 5.32 Å². The summed E-state index contributed by atoms with van der Waals surface area (Å²) in [6.07, 6.45) is 29.4. The van der Waals surface area contributed by atoms with Crippen molar-refractivity contribution in [2.45, 2.75) is 46.0 Å². The average Bonchev–Trinajstić information content (AvgIpc) is 3.61. The topological polar surface area (TPSA) is 40.0 Å². The van der Waals surface area contributed by atoms with Crippen molar-refractivity contribution in [3.8, 4) is 0 Å². The van der Waals surface area contributed by atoms with Gasteiger partial charge < -0.3 is 10.2 Å². The Morgan fingerprint density at radius 2 is 1.62 bits per heavy atom. The molecule has 4 aliphatic rings. The zero-order chi connectivity index (χ0) is 35.9. The second-order valence-corrected chi connectivity index (χ2v) is 15.3. The van der Waals surface area contributed by atoms with E-state index in [1.54, 1.807) is 5.31 Å². The van der Waals surface area contributed by atoms with Gasteiger partial charge in [0.2, 0.25) is 0 Å². The summed E-state index contributed by atoms with van der Waals surface area (Å²) in [6, 6.07) is 29.0. The Labute approximate surface area is 310 Å². The second-order valence-electron chi connectivity index (χ2n) is 13.1. The largest absolute Gasteiger partial charge is 0.373 e. The van der Waals surface area contributed by atoms with Crippen molar-refractivity contribution in [2.75, 3.05) is 19.0 Å². The lowest BCUT2D eigenvalue weighted by Crippen LogP contribution is -2.23. The van der Waals surface area contributed by atoms with Crippen molar-refractivity contribution >= 4 is 41.8 Å². The molecule has 7 rings (SSSR count). The molecule has 2 aliphatic heterocycles. The van der Waals surface area contributed by atoms with Crippen LogP contribution in [0.5, 0.6) is 0 Å². The standard InChI is InChI=1S/C47H47N4P/c1-5-19-42-34(6-2)33-45-41(32-37-22-13-9-16-27-44(37)52(45)39-23-14-10-15-24-39)40-25-17-18-26-43(40)51(42)38-30-28-36(29-31-38)47(49-4)50-46(48-3)35-20-11-7-8-12-21-35/h6-7,10-31H,5,8-9,32-33H2,1-4H3,(H,48,49,50)/b34-6-,42-19+. The maximum absolute atomic E-state index is 4.99. The molecule has 3 aromatic carbocycles. The van der Waals surface area contributed by atoms with Crippen molar-refractivity contribution < 1.29 is 0 Å². The molecule has 0 spiro atoms. The van der Waals surface area contributed by atoms with Crippen LogP contribution in [0, 0.1) is 0 Å². The van der Waals surface area contributed by atoms with Gasteiger partial charge in [0.05, 0.1) is 5.69 Å². The molecule has 0 amide bonds. The minimum absolute atomic E-state index is 0.686. The highest BCUT2D eigenvalue weighted by Gasteiger charge is 2.35. The molecule has 1 N–H and O–H groups in total. The van der Waals surface area contributed by atoms with Crippen molar-refractivity contribution in [2.24, 2.45) is 9.98 Å². The van der Waals surface area contributed by atoms with Crippen LogP contribution in [0.1, 0.15) is 57.1 Å². The number of hydrogen-bond acceptors (Lipinski definition) is 2. The first-order chi connectivity index (χ1) is 25.6. The lowest BCUT2D eigenvalue weighted by Gasteiger charge is -2.39. The highest BCUT2D eigenvalue weighted by molar-refractivity contribution is 7.74. The van der Waals surface area contributed by atoms with Crippen LogP contribution in [0.3, 0.4) is 0 Å². The van der Waals surface area contributed by atoms with Crippen molar-refractivity contribution in [1.29, 1.82) is 0 Å². The van der Waals surface area contributed by atoms with E-state index in [0.717, 1.165) is 54.8 Å². The van der Waals surface area contributed by atoms with Gasteiger partial charge in [0.25, 0.3) is 0 Å². The molecule has 1 atom stereocenters. The van der Waals surface area contributed by atoms with Crippen LogP contribution in [0.2, 0.25) is 0 Å². The Kier molecular flexibility index (Phi) is 11.0. The van der Waals surface area contributed by atoms with Crippen molar-refractivity contribution in [3.05, 3.63) is 190 Å². The van der Waals surface area contributed by atoms with Gasteiger partial charge in [-0.05, 0) is 104 Å². The molecule has 2 aliphatic carbocycles. The molecule has 0 saturated carbocycles. The van der Waals surface area contributed by atoms with Crippen molar-refractivity contribution in [3.63, 3.8) is 0 Å². The molecular weight excluding hydrogens is 652 g/mol. The van der Waals surface area contributed by atoms with Crippen LogP contribution >= 0.6 is 7.92 Å². The van der Waals surface area contributed by atoms with Gasteiger partial charge in [-0.2, -0.15) is 0 Å². The van der Waals surface area contributed by atoms with E-state index in [1.807, 2.05) is 14.1 Å². The van der Waals surface area contributed by atoms with E-state index >= 15 is 0 Å². The highest BCUT2D eigenvalue weighted by Crippen LogP contribution is 2.64. The van der Waals surface area contributed by atoms with Gasteiger partial charge in [0.1, 0.15) is 5.84 Å². The average molecular weight is 699 g/mol. The van der Waals surface area contributed by atoms with E-state index in [4.69, 9.17) is 4.99 Å². The number of aliphatic imine (C=N–C) groups is 2. The van der Waals surface area contributed by atoms with Gasteiger partial charge in [-0.25, -0.2) is 4.99 Å². The number of rotatable bonds is 5. The minimum atomic E-state index is -0.718. The fourth-order valence-corrected chi connectivity index (χ4v) is 10.3. The number of anilines is 2. The molecule has 1 unspecified atom stereocenters. The number of fused-ring (bicyclic) bond motifs is 2. The minimum Gasteiger partial charge on any atom is -0.373 e. The molecular formula is C47H47N4P. The van der Waals surface area contributed by atoms with Gasteiger partial charge in [0.15, 0.2) is 5.84 Å². The lowest BCUT2D eigenvalue weighted by atomic mass is 9.89. The van der Waals surface area contributed by atoms with Crippen LogP contribution in [0.25, 0.3) is 5.57 Å². The summed E-state index contributed by atoms with van der Waals surface area (Å²) in [7, 11) is 3.00. The molecule has 0 saturated heterocycles. The number of amidine groups is 2. The maximum atomic E-state index is 4.99. The number of likely N-dealkylation sites (N-methyl/N-ethyl adjacent to an activating group) is 1. The van der Waals surface area contributed by atoms with Crippen LogP contribution in [0.15, 0.2) is 189 Å². The van der Waals surface area contributed by atoms with E-state index in [1.165, 1.54) is 44.3 Å². The van der Waals surface area contributed by atoms with E-state index in [0.29, 0.717) is 5.84 Å². The number of benzene rings is 3. The first-order valence-electron chi connectivity index (χ1n) is 18.4. The molecule has 0 fully saturated rings. The summed E-state index contributed by atoms with van der Waals surface area (Å²) in [4.78, 5) is 12.1. The summed E-state index contributed by atoms with van der Waals surface area (Å²) in [6.45, 7) is 4.45. The summed E-state index contributed by atoms with van der Waals surface area (Å²) >= 11 is 0. The monoisotopic (exact) mass is 698 g/mol. The zero-order valence-electron chi connectivity index (χ0n) is 30.7. The first-order valence-corrected chi connectivity index (χ1v) is 19.7. The Bertz CT molecular complexity index is 2160. The molecule has 5 heteroatoms. The molecule has 4 nitrogen and oxygen atoms in total. The molecule has 0 bridgehead atoms. The predicted octanol–water partition coefficient (Wildman–Crippen LogP) is 11.6.